The number of hydrogen-bond acceptors (Lipinski definition) is 2. The topological polar surface area (TPSA) is 24.1 Å². The molecule has 1 heterocycles. The van der Waals surface area contributed by atoms with E-state index in [1.807, 2.05) is 0 Å². The number of rotatable bonds is 2. The van der Waals surface area contributed by atoms with Gasteiger partial charge in [0.1, 0.15) is 0 Å². The summed E-state index contributed by atoms with van der Waals surface area (Å²) in [5.41, 5.74) is 0. The summed E-state index contributed by atoms with van der Waals surface area (Å²) >= 11 is 2.19. The SMILES string of the molecule is INCC1CCCN1. The molecule has 1 unspecified atom stereocenters. The maximum absolute atomic E-state index is 3.39. The fourth-order valence-corrected chi connectivity index (χ4v) is 1.56. The van der Waals surface area contributed by atoms with Gasteiger partial charge in [-0.15, -0.1) is 0 Å². The van der Waals surface area contributed by atoms with Crippen molar-refractivity contribution in [3.05, 3.63) is 0 Å². The molecule has 1 atom stereocenters. The van der Waals surface area contributed by atoms with Crippen LogP contribution in [0.5, 0.6) is 0 Å². The van der Waals surface area contributed by atoms with Gasteiger partial charge in [-0.1, -0.05) is 0 Å². The zero-order chi connectivity index (χ0) is 5.82. The Balaban J connectivity index is 2.06. The van der Waals surface area contributed by atoms with Gasteiger partial charge >= 0.3 is 0 Å². The van der Waals surface area contributed by atoms with Gasteiger partial charge in [0.2, 0.25) is 0 Å². The van der Waals surface area contributed by atoms with Crippen LogP contribution in [0, 0.1) is 0 Å². The molecule has 0 bridgehead atoms. The normalized spacial score (nSPS) is 28.9. The van der Waals surface area contributed by atoms with E-state index < -0.39 is 0 Å². The Labute approximate surface area is 63.9 Å². The van der Waals surface area contributed by atoms with Gasteiger partial charge in [0, 0.05) is 35.5 Å². The molecule has 2 nitrogen and oxygen atoms in total. The first-order chi connectivity index (χ1) is 3.93. The highest BCUT2D eigenvalue weighted by atomic mass is 127. The third-order valence-corrected chi connectivity index (χ3v) is 1.93. The lowest BCUT2D eigenvalue weighted by atomic mass is 10.2. The van der Waals surface area contributed by atoms with Crippen molar-refractivity contribution >= 4 is 22.9 Å². The van der Waals surface area contributed by atoms with Gasteiger partial charge in [-0.3, -0.25) is 3.53 Å². The second-order valence-corrected chi connectivity index (χ2v) is 2.89. The van der Waals surface area contributed by atoms with E-state index in [-0.39, 0.29) is 0 Å². The molecule has 1 aliphatic heterocycles. The van der Waals surface area contributed by atoms with Crippen LogP contribution in [0.4, 0.5) is 0 Å². The minimum absolute atomic E-state index is 0.742. The Morgan fingerprint density at radius 2 is 2.62 bits per heavy atom. The Kier molecular flexibility index (Phi) is 3.07. The minimum Gasteiger partial charge on any atom is -0.313 e. The molecule has 0 aromatic rings. The molecule has 2 N–H and O–H groups in total. The quantitative estimate of drug-likeness (QED) is 0.534. The van der Waals surface area contributed by atoms with E-state index in [1.54, 1.807) is 0 Å². The van der Waals surface area contributed by atoms with Gasteiger partial charge in [-0.05, 0) is 19.4 Å². The summed E-state index contributed by atoms with van der Waals surface area (Å²) in [6.07, 6.45) is 2.69. The van der Waals surface area contributed by atoms with Crippen molar-refractivity contribution in [1.82, 2.24) is 8.85 Å². The van der Waals surface area contributed by atoms with Gasteiger partial charge in [0.25, 0.3) is 0 Å². The summed E-state index contributed by atoms with van der Waals surface area (Å²) in [5.74, 6) is 0. The predicted molar refractivity (Wildman–Crippen MR) is 43.0 cm³/mol. The molecule has 0 aromatic heterocycles. The fraction of sp³-hybridized carbons (Fsp3) is 1.00. The molecule has 1 saturated heterocycles. The van der Waals surface area contributed by atoms with E-state index in [4.69, 9.17) is 0 Å². The third-order valence-electron chi connectivity index (χ3n) is 1.49. The Hall–Kier alpha value is 0.650. The van der Waals surface area contributed by atoms with Crippen LogP contribution in [0.3, 0.4) is 0 Å². The van der Waals surface area contributed by atoms with Crippen LogP contribution in [-0.4, -0.2) is 19.1 Å². The molecule has 1 rings (SSSR count). The summed E-state index contributed by atoms with van der Waals surface area (Å²) in [6, 6.07) is 0.742. The average molecular weight is 226 g/mol. The molecule has 0 radical (unpaired) electrons. The van der Waals surface area contributed by atoms with Gasteiger partial charge in [0.05, 0.1) is 0 Å². The lowest BCUT2D eigenvalue weighted by molar-refractivity contribution is 0.606. The van der Waals surface area contributed by atoms with E-state index >= 15 is 0 Å². The van der Waals surface area contributed by atoms with Crippen molar-refractivity contribution in [2.24, 2.45) is 0 Å². The highest BCUT2D eigenvalue weighted by Crippen LogP contribution is 2.02. The van der Waals surface area contributed by atoms with Crippen molar-refractivity contribution < 1.29 is 0 Å². The smallest absolute Gasteiger partial charge is 0.0204 e. The van der Waals surface area contributed by atoms with E-state index in [9.17, 15) is 0 Å². The van der Waals surface area contributed by atoms with E-state index in [1.165, 1.54) is 19.4 Å². The highest BCUT2D eigenvalue weighted by molar-refractivity contribution is 14.1. The molecule has 0 amide bonds. The Morgan fingerprint density at radius 1 is 1.75 bits per heavy atom. The summed E-state index contributed by atoms with van der Waals surface area (Å²) in [5, 5.41) is 3.39. The molecule has 1 fully saturated rings. The Morgan fingerprint density at radius 3 is 3.12 bits per heavy atom. The van der Waals surface area contributed by atoms with Gasteiger partial charge < -0.3 is 5.32 Å². The maximum Gasteiger partial charge on any atom is 0.0204 e. The molecule has 3 heteroatoms. The Bertz CT molecular complexity index is 61.4. The highest BCUT2D eigenvalue weighted by Gasteiger charge is 2.11. The van der Waals surface area contributed by atoms with Crippen molar-refractivity contribution in [2.75, 3.05) is 13.1 Å². The van der Waals surface area contributed by atoms with Gasteiger partial charge in [-0.2, -0.15) is 0 Å². The predicted octanol–water partition coefficient (Wildman–Crippen LogP) is 0.678. The first-order valence-corrected chi connectivity index (χ1v) is 4.08. The molecular formula is C5H11IN2. The van der Waals surface area contributed by atoms with Crippen LogP contribution in [0.2, 0.25) is 0 Å². The molecule has 0 spiro atoms. The van der Waals surface area contributed by atoms with Crippen LogP contribution in [-0.2, 0) is 0 Å². The molecule has 1 aliphatic rings. The molecule has 0 aromatic carbocycles. The molecule has 8 heavy (non-hydrogen) atoms. The van der Waals surface area contributed by atoms with Gasteiger partial charge in [0.15, 0.2) is 0 Å². The number of halogens is 1. The monoisotopic (exact) mass is 226 g/mol. The minimum atomic E-state index is 0.742. The summed E-state index contributed by atoms with van der Waals surface area (Å²) in [7, 11) is 0. The lowest BCUT2D eigenvalue weighted by Crippen LogP contribution is -2.29. The molecule has 0 aliphatic carbocycles. The zero-order valence-electron chi connectivity index (χ0n) is 4.78. The average Bonchev–Trinajstić information content (AvgIpc) is 2.19. The zero-order valence-corrected chi connectivity index (χ0v) is 6.94. The van der Waals surface area contributed by atoms with E-state index in [0.717, 1.165) is 12.6 Å². The van der Waals surface area contributed by atoms with Crippen molar-refractivity contribution in [2.45, 2.75) is 18.9 Å². The summed E-state index contributed by atoms with van der Waals surface area (Å²) in [4.78, 5) is 0. The van der Waals surface area contributed by atoms with Crippen LogP contribution in [0.1, 0.15) is 12.8 Å². The molecule has 0 saturated carbocycles. The van der Waals surface area contributed by atoms with Crippen LogP contribution in [0.25, 0.3) is 0 Å². The summed E-state index contributed by atoms with van der Waals surface area (Å²) < 4.78 is 3.12. The second kappa shape index (κ2) is 3.63. The van der Waals surface area contributed by atoms with Crippen LogP contribution >= 0.6 is 22.9 Å². The number of nitrogens with one attached hydrogen (secondary N) is 2. The molecule has 48 valence electrons. The van der Waals surface area contributed by atoms with E-state index in [0.29, 0.717) is 0 Å². The molecular weight excluding hydrogens is 215 g/mol. The second-order valence-electron chi connectivity index (χ2n) is 2.13. The van der Waals surface area contributed by atoms with Crippen molar-refractivity contribution in [1.29, 1.82) is 0 Å². The van der Waals surface area contributed by atoms with Crippen molar-refractivity contribution in [3.8, 4) is 0 Å². The van der Waals surface area contributed by atoms with Gasteiger partial charge in [-0.25, -0.2) is 0 Å². The third kappa shape index (κ3) is 1.87. The lowest BCUT2D eigenvalue weighted by Gasteiger charge is -2.05. The van der Waals surface area contributed by atoms with Crippen LogP contribution < -0.4 is 8.85 Å². The maximum atomic E-state index is 3.39. The summed E-state index contributed by atoms with van der Waals surface area (Å²) in [6.45, 7) is 2.32. The first-order valence-electron chi connectivity index (χ1n) is 3.00. The fourth-order valence-electron chi connectivity index (χ4n) is 1.02. The largest absolute Gasteiger partial charge is 0.313 e. The van der Waals surface area contributed by atoms with Crippen LogP contribution in [0.15, 0.2) is 0 Å². The standard InChI is InChI=1S/C5H11IN2/c6-8-4-5-2-1-3-7-5/h5,7-8H,1-4H2. The first kappa shape index (κ1) is 6.77. The number of hydrogen-bond donors (Lipinski definition) is 2. The van der Waals surface area contributed by atoms with E-state index in [2.05, 4.69) is 31.7 Å². The van der Waals surface area contributed by atoms with Crippen molar-refractivity contribution in [3.63, 3.8) is 0 Å².